The first-order valence-corrected chi connectivity index (χ1v) is 6.16. The van der Waals surface area contributed by atoms with E-state index in [0.717, 1.165) is 5.03 Å². The minimum absolute atomic E-state index is 0.344. The number of thioether (sulfide) groups is 1. The van der Waals surface area contributed by atoms with Crippen LogP contribution in [-0.2, 0) is 9.53 Å². The largest absolute Gasteiger partial charge is 0.465 e. The summed E-state index contributed by atoms with van der Waals surface area (Å²) >= 11 is 7.09. The highest BCUT2D eigenvalue weighted by molar-refractivity contribution is 7.99. The number of carbonyl (C=O) groups is 1. The van der Waals surface area contributed by atoms with Crippen molar-refractivity contribution < 1.29 is 9.53 Å². The van der Waals surface area contributed by atoms with Gasteiger partial charge in [-0.15, -0.1) is 11.8 Å². The molecule has 0 spiro atoms. The van der Waals surface area contributed by atoms with Crippen LogP contribution in [0.3, 0.4) is 0 Å². The van der Waals surface area contributed by atoms with Gasteiger partial charge in [-0.05, 0) is 19.1 Å². The molecule has 0 aliphatic carbocycles. The lowest BCUT2D eigenvalue weighted by molar-refractivity contribution is -0.144. The maximum Gasteiger partial charge on any atom is 0.323 e. The van der Waals surface area contributed by atoms with Crippen LogP contribution >= 0.6 is 23.4 Å². The first-order valence-electron chi connectivity index (χ1n) is 4.80. The molecule has 1 atom stereocenters. The fourth-order valence-electron chi connectivity index (χ4n) is 0.940. The van der Waals surface area contributed by atoms with Crippen molar-refractivity contribution >= 4 is 29.3 Å². The third-order valence-corrected chi connectivity index (χ3v) is 2.99. The molecule has 16 heavy (non-hydrogen) atoms. The van der Waals surface area contributed by atoms with Gasteiger partial charge in [0, 0.05) is 11.9 Å². The van der Waals surface area contributed by atoms with Crippen LogP contribution in [0.15, 0.2) is 23.4 Å². The lowest BCUT2D eigenvalue weighted by Crippen LogP contribution is -2.34. The predicted molar refractivity (Wildman–Crippen MR) is 64.6 cm³/mol. The van der Waals surface area contributed by atoms with Crippen molar-refractivity contribution in [3.05, 3.63) is 23.4 Å². The van der Waals surface area contributed by atoms with E-state index in [4.69, 9.17) is 22.1 Å². The van der Waals surface area contributed by atoms with Crippen LogP contribution in [0.1, 0.15) is 6.92 Å². The van der Waals surface area contributed by atoms with Crippen LogP contribution in [0, 0.1) is 0 Å². The van der Waals surface area contributed by atoms with E-state index in [1.165, 1.54) is 11.8 Å². The number of hydrogen-bond acceptors (Lipinski definition) is 5. The Morgan fingerprint density at radius 1 is 1.69 bits per heavy atom. The van der Waals surface area contributed by atoms with Gasteiger partial charge in [0.15, 0.2) is 0 Å². The van der Waals surface area contributed by atoms with Crippen LogP contribution in [0.2, 0.25) is 5.02 Å². The van der Waals surface area contributed by atoms with Crippen molar-refractivity contribution in [2.75, 3.05) is 12.4 Å². The van der Waals surface area contributed by atoms with Gasteiger partial charge in [-0.1, -0.05) is 11.6 Å². The molecule has 0 aliphatic heterocycles. The highest BCUT2D eigenvalue weighted by Gasteiger charge is 2.14. The molecule has 1 aromatic rings. The van der Waals surface area contributed by atoms with Crippen LogP contribution in [0.25, 0.3) is 0 Å². The van der Waals surface area contributed by atoms with Crippen molar-refractivity contribution in [2.24, 2.45) is 5.73 Å². The Morgan fingerprint density at radius 3 is 3.00 bits per heavy atom. The molecule has 0 saturated carbocycles. The van der Waals surface area contributed by atoms with Gasteiger partial charge in [0.25, 0.3) is 0 Å². The Hall–Kier alpha value is -0.780. The van der Waals surface area contributed by atoms with Crippen molar-refractivity contribution in [3.8, 4) is 0 Å². The second kappa shape index (κ2) is 6.73. The Bertz CT molecular complexity index is 345. The van der Waals surface area contributed by atoms with Crippen LogP contribution in [0.5, 0.6) is 0 Å². The summed E-state index contributed by atoms with van der Waals surface area (Å²) in [6, 6.07) is 2.90. The predicted octanol–water partition coefficient (Wildman–Crippen LogP) is 1.72. The van der Waals surface area contributed by atoms with Gasteiger partial charge in [0.05, 0.1) is 16.7 Å². The van der Waals surface area contributed by atoms with Crippen molar-refractivity contribution in [1.29, 1.82) is 0 Å². The second-order valence-electron chi connectivity index (χ2n) is 2.98. The van der Waals surface area contributed by atoms with E-state index in [-0.39, 0.29) is 5.97 Å². The van der Waals surface area contributed by atoms with E-state index in [2.05, 4.69) is 4.98 Å². The molecule has 0 bridgehead atoms. The first kappa shape index (κ1) is 13.3. The zero-order valence-corrected chi connectivity index (χ0v) is 10.4. The van der Waals surface area contributed by atoms with Crippen molar-refractivity contribution in [1.82, 2.24) is 4.98 Å². The fraction of sp³-hybridized carbons (Fsp3) is 0.400. The molecule has 0 fully saturated rings. The van der Waals surface area contributed by atoms with Crippen LogP contribution in [0.4, 0.5) is 0 Å². The number of rotatable bonds is 5. The molecule has 0 aromatic carbocycles. The van der Waals surface area contributed by atoms with Crippen LogP contribution < -0.4 is 5.73 Å². The van der Waals surface area contributed by atoms with Gasteiger partial charge >= 0.3 is 5.97 Å². The maximum atomic E-state index is 11.2. The van der Waals surface area contributed by atoms with Gasteiger partial charge in [0.2, 0.25) is 0 Å². The molecule has 0 aliphatic rings. The molecule has 1 aromatic heterocycles. The molecular formula is C10H13ClN2O2S. The number of aromatic nitrogens is 1. The number of pyridine rings is 1. The fourth-order valence-corrected chi connectivity index (χ4v) is 1.83. The SMILES string of the molecule is CCOC(=O)C(N)CSc1ccc(Cl)cn1. The Kier molecular flexibility index (Phi) is 5.59. The maximum absolute atomic E-state index is 11.2. The normalized spacial score (nSPS) is 12.2. The minimum atomic E-state index is -0.623. The number of nitrogens with zero attached hydrogens (tertiary/aromatic N) is 1. The standard InChI is InChI=1S/C10H13ClN2O2S/c1-2-15-10(14)8(12)6-16-9-4-3-7(11)5-13-9/h3-5,8H,2,6,12H2,1H3. The molecule has 2 N–H and O–H groups in total. The number of nitrogens with two attached hydrogens (primary N) is 1. The minimum Gasteiger partial charge on any atom is -0.465 e. The zero-order valence-electron chi connectivity index (χ0n) is 8.85. The van der Waals surface area contributed by atoms with E-state index in [1.54, 1.807) is 25.3 Å². The number of halogens is 1. The van der Waals surface area contributed by atoms with Gasteiger partial charge < -0.3 is 10.5 Å². The summed E-state index contributed by atoms with van der Waals surface area (Å²) in [6.07, 6.45) is 1.56. The average molecular weight is 261 g/mol. The van der Waals surface area contributed by atoms with Gasteiger partial charge in [0.1, 0.15) is 6.04 Å². The summed E-state index contributed by atoms with van der Waals surface area (Å²) in [5.74, 6) is 0.0527. The number of carbonyl (C=O) groups excluding carboxylic acids is 1. The van der Waals surface area contributed by atoms with Crippen molar-refractivity contribution in [2.45, 2.75) is 18.0 Å². The Balaban J connectivity index is 2.39. The number of hydrogen-bond donors (Lipinski definition) is 1. The summed E-state index contributed by atoms with van der Waals surface area (Å²) < 4.78 is 4.79. The Morgan fingerprint density at radius 2 is 2.44 bits per heavy atom. The number of ether oxygens (including phenoxy) is 1. The summed E-state index contributed by atoms with van der Waals surface area (Å²) in [5.41, 5.74) is 5.63. The molecule has 1 rings (SSSR count). The highest BCUT2D eigenvalue weighted by Crippen LogP contribution is 2.17. The molecule has 1 unspecified atom stereocenters. The van der Waals surface area contributed by atoms with E-state index >= 15 is 0 Å². The molecule has 6 heteroatoms. The van der Waals surface area contributed by atoms with Gasteiger partial charge in [-0.2, -0.15) is 0 Å². The van der Waals surface area contributed by atoms with Gasteiger partial charge in [-0.3, -0.25) is 4.79 Å². The summed E-state index contributed by atoms with van der Waals surface area (Å²) in [4.78, 5) is 15.3. The zero-order chi connectivity index (χ0) is 12.0. The smallest absolute Gasteiger partial charge is 0.323 e. The molecule has 0 saturated heterocycles. The Labute approximate surface area is 104 Å². The molecular weight excluding hydrogens is 248 g/mol. The highest BCUT2D eigenvalue weighted by atomic mass is 35.5. The number of esters is 1. The summed E-state index contributed by atoms with van der Waals surface area (Å²) in [6.45, 7) is 2.09. The van der Waals surface area contributed by atoms with Gasteiger partial charge in [-0.25, -0.2) is 4.98 Å². The molecule has 4 nitrogen and oxygen atoms in total. The van der Waals surface area contributed by atoms with Crippen molar-refractivity contribution in [3.63, 3.8) is 0 Å². The van der Waals surface area contributed by atoms with E-state index in [0.29, 0.717) is 17.4 Å². The first-order chi connectivity index (χ1) is 7.63. The molecule has 1 heterocycles. The van der Waals surface area contributed by atoms with Crippen LogP contribution in [-0.4, -0.2) is 29.4 Å². The average Bonchev–Trinajstić information content (AvgIpc) is 2.28. The quantitative estimate of drug-likeness (QED) is 0.645. The van der Waals surface area contributed by atoms with E-state index < -0.39 is 6.04 Å². The third kappa shape index (κ3) is 4.38. The van der Waals surface area contributed by atoms with E-state index in [1.807, 2.05) is 0 Å². The molecule has 0 amide bonds. The van der Waals surface area contributed by atoms with E-state index in [9.17, 15) is 4.79 Å². The summed E-state index contributed by atoms with van der Waals surface area (Å²) in [5, 5.41) is 1.36. The lowest BCUT2D eigenvalue weighted by atomic mass is 10.4. The lowest BCUT2D eigenvalue weighted by Gasteiger charge is -2.09. The monoisotopic (exact) mass is 260 g/mol. The third-order valence-electron chi connectivity index (χ3n) is 1.70. The topological polar surface area (TPSA) is 65.2 Å². The molecule has 0 radical (unpaired) electrons. The summed E-state index contributed by atoms with van der Waals surface area (Å²) in [7, 11) is 0. The molecule has 88 valence electrons. The second-order valence-corrected chi connectivity index (χ2v) is 4.46.